The Hall–Kier alpha value is -0.130. The number of hydrogen-bond acceptors (Lipinski definition) is 4. The van der Waals surface area contributed by atoms with Crippen molar-refractivity contribution in [1.82, 2.24) is 10.2 Å². The second kappa shape index (κ2) is 7.34. The zero-order chi connectivity index (χ0) is 12.7. The van der Waals surface area contributed by atoms with Crippen LogP contribution in [-0.2, 0) is 9.84 Å². The van der Waals surface area contributed by atoms with Crippen LogP contribution in [0.5, 0.6) is 0 Å². The minimum Gasteiger partial charge on any atom is -0.312 e. The van der Waals surface area contributed by atoms with E-state index in [0.717, 1.165) is 38.9 Å². The highest BCUT2D eigenvalue weighted by Crippen LogP contribution is 2.06. The van der Waals surface area contributed by atoms with Gasteiger partial charge in [0.1, 0.15) is 0 Å². The normalized spacial score (nSPS) is 24.1. The molecule has 0 aromatic rings. The number of hydrogen-bond donors (Lipinski definition) is 1. The lowest BCUT2D eigenvalue weighted by Crippen LogP contribution is -2.46. The van der Waals surface area contributed by atoms with E-state index in [1.165, 1.54) is 0 Å². The molecule has 0 amide bonds. The van der Waals surface area contributed by atoms with Gasteiger partial charge in [0.2, 0.25) is 0 Å². The molecule has 102 valence electrons. The predicted octanol–water partition coefficient (Wildman–Crippen LogP) is 0.885. The molecule has 5 heteroatoms. The van der Waals surface area contributed by atoms with Crippen molar-refractivity contribution in [2.24, 2.45) is 0 Å². The van der Waals surface area contributed by atoms with Gasteiger partial charge in [0.05, 0.1) is 11.5 Å². The summed E-state index contributed by atoms with van der Waals surface area (Å²) in [4.78, 5) is 2.43. The first kappa shape index (κ1) is 14.9. The second-order valence-corrected chi connectivity index (χ2v) is 7.12. The van der Waals surface area contributed by atoms with Crippen molar-refractivity contribution in [1.29, 1.82) is 0 Å². The standard InChI is InChI=1S/C12H26N2O2S/c1-3-7-14(8-4-2)9-5-12-11-17(15,16)10-6-13-12/h12-13H,3-11H2,1-2H3. The van der Waals surface area contributed by atoms with Crippen molar-refractivity contribution < 1.29 is 8.42 Å². The van der Waals surface area contributed by atoms with Gasteiger partial charge in [0.15, 0.2) is 9.84 Å². The van der Waals surface area contributed by atoms with E-state index in [4.69, 9.17) is 0 Å². The SMILES string of the molecule is CCCN(CCC)CCC1CS(=O)(=O)CCN1. The third-order valence-electron chi connectivity index (χ3n) is 3.17. The first-order chi connectivity index (χ1) is 8.07. The molecule has 1 unspecified atom stereocenters. The van der Waals surface area contributed by atoms with E-state index < -0.39 is 9.84 Å². The molecule has 0 aromatic carbocycles. The van der Waals surface area contributed by atoms with Gasteiger partial charge in [-0.15, -0.1) is 0 Å². The van der Waals surface area contributed by atoms with Crippen molar-refractivity contribution >= 4 is 9.84 Å². The van der Waals surface area contributed by atoms with Gasteiger partial charge in [-0.1, -0.05) is 13.8 Å². The second-order valence-electron chi connectivity index (χ2n) is 4.90. The Morgan fingerprint density at radius 1 is 1.18 bits per heavy atom. The molecule has 1 rings (SSSR count). The van der Waals surface area contributed by atoms with Crippen molar-refractivity contribution in [2.75, 3.05) is 37.7 Å². The summed E-state index contributed by atoms with van der Waals surface area (Å²) in [7, 11) is -2.79. The van der Waals surface area contributed by atoms with Crippen LogP contribution in [0.15, 0.2) is 0 Å². The van der Waals surface area contributed by atoms with E-state index in [0.29, 0.717) is 18.1 Å². The third-order valence-corrected chi connectivity index (χ3v) is 4.91. The van der Waals surface area contributed by atoms with Crippen molar-refractivity contribution in [3.63, 3.8) is 0 Å². The molecule has 1 atom stereocenters. The van der Waals surface area contributed by atoms with Gasteiger partial charge >= 0.3 is 0 Å². The molecule has 0 radical (unpaired) electrons. The van der Waals surface area contributed by atoms with Gasteiger partial charge in [0, 0.05) is 12.6 Å². The van der Waals surface area contributed by atoms with Crippen LogP contribution in [-0.4, -0.2) is 57.0 Å². The molecule has 1 aliphatic heterocycles. The molecule has 4 nitrogen and oxygen atoms in total. The average Bonchev–Trinajstić information content (AvgIpc) is 2.25. The molecule has 17 heavy (non-hydrogen) atoms. The van der Waals surface area contributed by atoms with Crippen LogP contribution in [0.4, 0.5) is 0 Å². The summed E-state index contributed by atoms with van der Waals surface area (Å²) in [5, 5.41) is 3.31. The number of sulfone groups is 1. The minimum absolute atomic E-state index is 0.157. The molecule has 1 aliphatic rings. The summed E-state index contributed by atoms with van der Waals surface area (Å²) >= 11 is 0. The Morgan fingerprint density at radius 3 is 2.35 bits per heavy atom. The molecule has 1 fully saturated rings. The van der Waals surface area contributed by atoms with Gasteiger partial charge in [0.25, 0.3) is 0 Å². The zero-order valence-corrected chi connectivity index (χ0v) is 11.9. The maximum Gasteiger partial charge on any atom is 0.153 e. The molecule has 0 spiro atoms. The zero-order valence-electron chi connectivity index (χ0n) is 11.1. The topological polar surface area (TPSA) is 49.4 Å². The summed E-state index contributed by atoms with van der Waals surface area (Å²) in [5.41, 5.74) is 0. The van der Waals surface area contributed by atoms with Crippen LogP contribution in [0.3, 0.4) is 0 Å². The number of rotatable bonds is 7. The Labute approximate surface area is 106 Å². The van der Waals surface area contributed by atoms with Crippen LogP contribution in [0.25, 0.3) is 0 Å². The van der Waals surface area contributed by atoms with Crippen LogP contribution in [0, 0.1) is 0 Å². The monoisotopic (exact) mass is 262 g/mol. The molecule has 0 saturated carbocycles. The fourth-order valence-corrected chi connectivity index (χ4v) is 3.85. The molecule has 0 aliphatic carbocycles. The summed E-state index contributed by atoms with van der Waals surface area (Å²) in [6.07, 6.45) is 3.27. The Bertz CT molecular complexity index is 298. The van der Waals surface area contributed by atoms with Gasteiger partial charge in [-0.05, 0) is 38.9 Å². The van der Waals surface area contributed by atoms with Crippen LogP contribution >= 0.6 is 0 Å². The molecule has 1 N–H and O–H groups in total. The lowest BCUT2D eigenvalue weighted by molar-refractivity contribution is 0.259. The van der Waals surface area contributed by atoms with Crippen molar-refractivity contribution in [3.05, 3.63) is 0 Å². The summed E-state index contributed by atoms with van der Waals surface area (Å²) in [6.45, 7) is 8.24. The van der Waals surface area contributed by atoms with Gasteiger partial charge in [-0.2, -0.15) is 0 Å². The molecule has 1 saturated heterocycles. The summed E-state index contributed by atoms with van der Waals surface area (Å²) in [6, 6.07) is 0.157. The van der Waals surface area contributed by atoms with Gasteiger partial charge in [-0.25, -0.2) is 8.42 Å². The van der Waals surface area contributed by atoms with Crippen molar-refractivity contribution in [2.45, 2.75) is 39.2 Å². The van der Waals surface area contributed by atoms with Crippen molar-refractivity contribution in [3.8, 4) is 0 Å². The van der Waals surface area contributed by atoms with Crippen LogP contribution in [0.1, 0.15) is 33.1 Å². The number of nitrogens with zero attached hydrogens (tertiary/aromatic N) is 1. The smallest absolute Gasteiger partial charge is 0.153 e. The highest BCUT2D eigenvalue weighted by molar-refractivity contribution is 7.91. The van der Waals surface area contributed by atoms with Crippen LogP contribution in [0.2, 0.25) is 0 Å². The minimum atomic E-state index is -2.79. The Balaban J connectivity index is 2.32. The maximum absolute atomic E-state index is 11.5. The molecule has 1 heterocycles. The van der Waals surface area contributed by atoms with Gasteiger partial charge in [-0.3, -0.25) is 0 Å². The quantitative estimate of drug-likeness (QED) is 0.740. The van der Waals surface area contributed by atoms with E-state index >= 15 is 0 Å². The van der Waals surface area contributed by atoms with Gasteiger partial charge < -0.3 is 10.2 Å². The highest BCUT2D eigenvalue weighted by Gasteiger charge is 2.24. The van der Waals surface area contributed by atoms with E-state index in [1.807, 2.05) is 0 Å². The fraction of sp³-hybridized carbons (Fsp3) is 1.00. The highest BCUT2D eigenvalue weighted by atomic mass is 32.2. The Morgan fingerprint density at radius 2 is 1.82 bits per heavy atom. The molecular weight excluding hydrogens is 236 g/mol. The maximum atomic E-state index is 11.5. The first-order valence-electron chi connectivity index (χ1n) is 6.73. The van der Waals surface area contributed by atoms with E-state index in [2.05, 4.69) is 24.1 Å². The number of nitrogens with one attached hydrogen (secondary N) is 1. The molecule has 0 aromatic heterocycles. The molecular formula is C12H26N2O2S. The molecule has 0 bridgehead atoms. The average molecular weight is 262 g/mol. The van der Waals surface area contributed by atoms with E-state index in [1.54, 1.807) is 0 Å². The first-order valence-corrected chi connectivity index (χ1v) is 8.55. The lowest BCUT2D eigenvalue weighted by atomic mass is 10.2. The predicted molar refractivity (Wildman–Crippen MR) is 72.1 cm³/mol. The van der Waals surface area contributed by atoms with E-state index in [9.17, 15) is 8.42 Å². The summed E-state index contributed by atoms with van der Waals surface area (Å²) in [5.74, 6) is 0.621. The van der Waals surface area contributed by atoms with E-state index in [-0.39, 0.29) is 6.04 Å². The Kier molecular flexibility index (Phi) is 6.44. The fourth-order valence-electron chi connectivity index (χ4n) is 2.36. The van der Waals surface area contributed by atoms with Crippen LogP contribution < -0.4 is 5.32 Å². The largest absolute Gasteiger partial charge is 0.312 e. The third kappa shape index (κ3) is 5.84. The lowest BCUT2D eigenvalue weighted by Gasteiger charge is -2.27. The summed E-state index contributed by atoms with van der Waals surface area (Å²) < 4.78 is 23.0.